The Bertz CT molecular complexity index is 888. The normalized spacial score (nSPS) is 16.5. The largest absolute Gasteiger partial charge is 0.490 e. The molecule has 1 fully saturated rings. The zero-order chi connectivity index (χ0) is 20.9. The highest BCUT2D eigenvalue weighted by Gasteiger charge is 2.38. The number of rotatable bonds is 4. The highest BCUT2D eigenvalue weighted by molar-refractivity contribution is 5.86. The molecule has 0 aliphatic carbocycles. The van der Waals surface area contributed by atoms with E-state index in [-0.39, 0.29) is 5.91 Å². The number of nitrogens with one attached hydrogen (secondary N) is 1. The maximum Gasteiger partial charge on any atom is 0.490 e. The number of aliphatic carboxylic acids is 1. The molecule has 28 heavy (non-hydrogen) atoms. The minimum Gasteiger partial charge on any atom is -0.475 e. The fraction of sp³-hybridized carbons (Fsp3) is 0.294. The summed E-state index contributed by atoms with van der Waals surface area (Å²) in [6.07, 6.45) is -3.86. The molecule has 0 spiro atoms. The number of nitrogens with zero attached hydrogens (tertiary/aromatic N) is 2. The van der Waals surface area contributed by atoms with Crippen molar-refractivity contribution in [3.8, 4) is 0 Å². The molecule has 3 rings (SSSR count). The molecule has 0 bridgehead atoms. The summed E-state index contributed by atoms with van der Waals surface area (Å²) in [5.74, 6) is -2.32. The number of hydrogen-bond acceptors (Lipinski definition) is 5. The lowest BCUT2D eigenvalue weighted by Crippen LogP contribution is -2.37. The first-order valence-corrected chi connectivity index (χ1v) is 8.05. The van der Waals surface area contributed by atoms with E-state index < -0.39 is 18.2 Å². The molecular weight excluding hydrogens is 381 g/mol. The Morgan fingerprint density at radius 3 is 2.61 bits per heavy atom. The molecule has 1 saturated heterocycles. The molecule has 4 N–H and O–H groups in total. The molecule has 1 aromatic heterocycles. The van der Waals surface area contributed by atoms with Crippen LogP contribution in [0.25, 0.3) is 10.9 Å². The summed E-state index contributed by atoms with van der Waals surface area (Å²) in [5, 5.41) is 10.7. The molecule has 0 saturated carbocycles. The van der Waals surface area contributed by atoms with Gasteiger partial charge in [0, 0.05) is 18.5 Å². The fourth-order valence-corrected chi connectivity index (χ4v) is 2.63. The number of hydrogen-bond donors (Lipinski definition) is 3. The van der Waals surface area contributed by atoms with Gasteiger partial charge in [-0.25, -0.2) is 9.78 Å². The van der Waals surface area contributed by atoms with Crippen LogP contribution in [0.3, 0.4) is 0 Å². The van der Waals surface area contributed by atoms with Gasteiger partial charge in [-0.1, -0.05) is 12.1 Å². The summed E-state index contributed by atoms with van der Waals surface area (Å²) < 4.78 is 31.7. The Labute approximate surface area is 157 Å². The van der Waals surface area contributed by atoms with Gasteiger partial charge in [0.05, 0.1) is 5.52 Å². The van der Waals surface area contributed by atoms with Crippen LogP contribution in [0.4, 0.5) is 19.0 Å². The number of likely N-dealkylation sites (tertiary alicyclic amines) is 1. The maximum atomic E-state index is 12.1. The smallest absolute Gasteiger partial charge is 0.475 e. The van der Waals surface area contributed by atoms with Crippen LogP contribution in [0.1, 0.15) is 12.0 Å². The number of fused-ring (bicyclic) bond motifs is 1. The van der Waals surface area contributed by atoms with Gasteiger partial charge in [0.1, 0.15) is 11.9 Å². The number of carbonyl (C=O) groups is 3. The molecule has 0 radical (unpaired) electrons. The van der Waals surface area contributed by atoms with Crippen LogP contribution in [-0.2, 0) is 20.9 Å². The van der Waals surface area contributed by atoms with Crippen molar-refractivity contribution >= 4 is 35.0 Å². The van der Waals surface area contributed by atoms with E-state index in [1.807, 2.05) is 24.3 Å². The predicted octanol–water partition coefficient (Wildman–Crippen LogP) is 1.30. The molecule has 8 nitrogen and oxygen atoms in total. The van der Waals surface area contributed by atoms with E-state index in [4.69, 9.17) is 15.6 Å². The van der Waals surface area contributed by atoms with Gasteiger partial charge in [-0.05, 0) is 30.2 Å². The number of carboxylic acids is 1. The lowest BCUT2D eigenvalue weighted by Gasteiger charge is -2.16. The monoisotopic (exact) mass is 398 g/mol. The molecule has 2 heterocycles. The van der Waals surface area contributed by atoms with E-state index in [9.17, 15) is 22.8 Å². The lowest BCUT2D eigenvalue weighted by atomic mass is 10.1. The Hall–Kier alpha value is -3.37. The van der Waals surface area contributed by atoms with Crippen molar-refractivity contribution < 1.29 is 32.7 Å². The number of nitrogen functional groups attached to an aromatic ring is 1. The molecule has 1 aliphatic heterocycles. The van der Waals surface area contributed by atoms with Crippen molar-refractivity contribution in [1.82, 2.24) is 15.2 Å². The van der Waals surface area contributed by atoms with Crippen LogP contribution in [0.5, 0.6) is 0 Å². The summed E-state index contributed by atoms with van der Waals surface area (Å²) in [7, 11) is 0. The number of aromatic nitrogens is 1. The summed E-state index contributed by atoms with van der Waals surface area (Å²) in [6.45, 7) is 1.16. The number of benzene rings is 1. The van der Waals surface area contributed by atoms with Gasteiger partial charge >= 0.3 is 12.1 Å². The first kappa shape index (κ1) is 20.9. The van der Waals surface area contributed by atoms with Crippen LogP contribution in [0, 0.1) is 0 Å². The second-order valence-electron chi connectivity index (χ2n) is 5.95. The van der Waals surface area contributed by atoms with E-state index >= 15 is 0 Å². The Balaban J connectivity index is 0.000000345. The number of pyridine rings is 1. The van der Waals surface area contributed by atoms with Crippen molar-refractivity contribution in [2.75, 3.05) is 12.3 Å². The Morgan fingerprint density at radius 1 is 1.36 bits per heavy atom. The maximum absolute atomic E-state index is 12.1. The van der Waals surface area contributed by atoms with Gasteiger partial charge in [0.15, 0.2) is 0 Å². The summed E-state index contributed by atoms with van der Waals surface area (Å²) in [4.78, 5) is 37.5. The molecule has 0 unspecified atom stereocenters. The topological polar surface area (TPSA) is 126 Å². The number of anilines is 1. The average molecular weight is 398 g/mol. The predicted molar refractivity (Wildman–Crippen MR) is 92.9 cm³/mol. The van der Waals surface area contributed by atoms with Crippen molar-refractivity contribution in [3.05, 3.63) is 35.9 Å². The van der Waals surface area contributed by atoms with Crippen LogP contribution in [0.15, 0.2) is 30.3 Å². The zero-order valence-electron chi connectivity index (χ0n) is 14.4. The molecular formula is C17H17F3N4O4. The molecule has 11 heteroatoms. The van der Waals surface area contributed by atoms with Crippen molar-refractivity contribution in [1.29, 1.82) is 0 Å². The minimum absolute atomic E-state index is 0.0391. The third kappa shape index (κ3) is 5.32. The van der Waals surface area contributed by atoms with Crippen molar-refractivity contribution in [2.45, 2.75) is 25.2 Å². The van der Waals surface area contributed by atoms with Gasteiger partial charge in [-0.2, -0.15) is 13.2 Å². The first-order chi connectivity index (χ1) is 13.1. The molecule has 1 aliphatic rings. The van der Waals surface area contributed by atoms with E-state index in [0.29, 0.717) is 31.7 Å². The SMILES string of the molecule is Nc1ccc2ccc(CN3CC[C@H](NC=O)C3=O)cc2n1.O=C(O)C(F)(F)F. The van der Waals surface area contributed by atoms with Crippen molar-refractivity contribution in [3.63, 3.8) is 0 Å². The second-order valence-corrected chi connectivity index (χ2v) is 5.95. The van der Waals surface area contributed by atoms with Gasteiger partial charge in [0.25, 0.3) is 0 Å². The van der Waals surface area contributed by atoms with Crippen LogP contribution >= 0.6 is 0 Å². The van der Waals surface area contributed by atoms with Crippen LogP contribution in [-0.4, -0.2) is 52.0 Å². The number of amides is 2. The molecule has 1 aromatic carbocycles. The summed E-state index contributed by atoms with van der Waals surface area (Å²) in [6, 6.07) is 9.19. The Morgan fingerprint density at radius 2 is 2.00 bits per heavy atom. The standard InChI is InChI=1S/C15H16N4O2.C2HF3O2/c16-14-4-3-11-2-1-10(7-13(11)18-14)8-19-6-5-12(15(19)21)17-9-20;3-2(4,5)1(6)7/h1-4,7,9,12H,5-6,8H2,(H2,16,18)(H,17,20);(H,6,7)/t12-;/m0./s1. The first-order valence-electron chi connectivity index (χ1n) is 8.05. The quantitative estimate of drug-likeness (QED) is 0.667. The average Bonchev–Trinajstić information content (AvgIpc) is 2.95. The highest BCUT2D eigenvalue weighted by atomic mass is 19.4. The highest BCUT2D eigenvalue weighted by Crippen LogP contribution is 2.19. The van der Waals surface area contributed by atoms with Gasteiger partial charge < -0.3 is 21.1 Å². The lowest BCUT2D eigenvalue weighted by molar-refractivity contribution is -0.192. The zero-order valence-corrected chi connectivity index (χ0v) is 14.4. The molecule has 2 amide bonds. The Kier molecular flexibility index (Phi) is 6.39. The summed E-state index contributed by atoms with van der Waals surface area (Å²) >= 11 is 0. The van der Waals surface area contributed by atoms with E-state index in [1.54, 1.807) is 11.0 Å². The number of carboxylic acid groups (broad SMARTS) is 1. The third-order valence-corrected chi connectivity index (χ3v) is 3.96. The van der Waals surface area contributed by atoms with E-state index in [1.165, 1.54) is 0 Å². The third-order valence-electron chi connectivity index (χ3n) is 3.96. The number of nitrogens with two attached hydrogens (primary N) is 1. The second kappa shape index (κ2) is 8.55. The van der Waals surface area contributed by atoms with Crippen molar-refractivity contribution in [2.24, 2.45) is 0 Å². The van der Waals surface area contributed by atoms with E-state index in [0.717, 1.165) is 16.5 Å². The van der Waals surface area contributed by atoms with Gasteiger partial charge in [-0.3, -0.25) is 9.59 Å². The molecule has 150 valence electrons. The van der Waals surface area contributed by atoms with Crippen LogP contribution in [0.2, 0.25) is 0 Å². The molecule has 1 atom stereocenters. The summed E-state index contributed by atoms with van der Waals surface area (Å²) in [5.41, 5.74) is 7.52. The van der Waals surface area contributed by atoms with E-state index in [2.05, 4.69) is 10.3 Å². The van der Waals surface area contributed by atoms with Crippen LogP contribution < -0.4 is 11.1 Å². The van der Waals surface area contributed by atoms with Gasteiger partial charge in [-0.15, -0.1) is 0 Å². The van der Waals surface area contributed by atoms with Gasteiger partial charge in [0.2, 0.25) is 12.3 Å². The number of alkyl halides is 3. The number of carbonyl (C=O) groups excluding carboxylic acids is 2. The fourth-order valence-electron chi connectivity index (χ4n) is 2.63. The molecule has 2 aromatic rings. The minimum atomic E-state index is -5.08. The number of halogens is 3.